The van der Waals surface area contributed by atoms with Crippen LogP contribution in [-0.2, 0) is 4.79 Å². The van der Waals surface area contributed by atoms with E-state index in [0.717, 1.165) is 19.4 Å². The SMILES string of the molecule is Cl.O=C(O)[C@@H]1CCCN1C1CCCCC1. The van der Waals surface area contributed by atoms with Gasteiger partial charge in [0.1, 0.15) is 6.04 Å². The number of carboxylic acids is 1. The Morgan fingerprint density at radius 1 is 1.07 bits per heavy atom. The van der Waals surface area contributed by atoms with Gasteiger partial charge >= 0.3 is 5.97 Å². The summed E-state index contributed by atoms with van der Waals surface area (Å²) in [4.78, 5) is 13.3. The van der Waals surface area contributed by atoms with Crippen LogP contribution < -0.4 is 0 Å². The van der Waals surface area contributed by atoms with E-state index in [2.05, 4.69) is 4.90 Å². The van der Waals surface area contributed by atoms with E-state index in [1.165, 1.54) is 32.1 Å². The summed E-state index contributed by atoms with van der Waals surface area (Å²) in [6.45, 7) is 1.00. The van der Waals surface area contributed by atoms with Crippen LogP contribution in [0.2, 0.25) is 0 Å². The molecule has 0 aromatic heterocycles. The average molecular weight is 234 g/mol. The number of halogens is 1. The van der Waals surface area contributed by atoms with Gasteiger partial charge in [0.25, 0.3) is 0 Å². The smallest absolute Gasteiger partial charge is 0.320 e. The zero-order valence-electron chi connectivity index (χ0n) is 9.02. The molecule has 2 rings (SSSR count). The first-order valence-corrected chi connectivity index (χ1v) is 5.77. The Bertz CT molecular complexity index is 217. The van der Waals surface area contributed by atoms with Crippen molar-refractivity contribution in [2.45, 2.75) is 57.0 Å². The first-order valence-electron chi connectivity index (χ1n) is 5.77. The maximum Gasteiger partial charge on any atom is 0.320 e. The van der Waals surface area contributed by atoms with Crippen molar-refractivity contribution < 1.29 is 9.90 Å². The number of aliphatic carboxylic acids is 1. The molecule has 0 radical (unpaired) electrons. The van der Waals surface area contributed by atoms with Crippen molar-refractivity contribution in [3.05, 3.63) is 0 Å². The van der Waals surface area contributed by atoms with Crippen molar-refractivity contribution in [2.75, 3.05) is 6.54 Å². The molecule has 1 saturated heterocycles. The standard InChI is InChI=1S/C11H19NO2.ClH/c13-11(14)10-7-4-8-12(10)9-5-2-1-3-6-9;/h9-10H,1-8H2,(H,13,14);1H/t10-;/m0./s1. The van der Waals surface area contributed by atoms with Crippen LogP contribution >= 0.6 is 12.4 Å². The number of nitrogens with zero attached hydrogens (tertiary/aromatic N) is 1. The van der Waals surface area contributed by atoms with Gasteiger partial charge < -0.3 is 5.11 Å². The number of carboxylic acid groups (broad SMARTS) is 1. The van der Waals surface area contributed by atoms with Gasteiger partial charge in [-0.25, -0.2) is 0 Å². The lowest BCUT2D eigenvalue weighted by Crippen LogP contribution is -2.44. The number of carbonyl (C=O) groups is 1. The molecule has 2 aliphatic rings. The van der Waals surface area contributed by atoms with Gasteiger partial charge in [-0.3, -0.25) is 9.69 Å². The Morgan fingerprint density at radius 3 is 2.33 bits per heavy atom. The average Bonchev–Trinajstić information content (AvgIpc) is 2.67. The fourth-order valence-electron chi connectivity index (χ4n) is 2.90. The second-order valence-electron chi connectivity index (χ2n) is 4.53. The first kappa shape index (κ1) is 12.8. The lowest BCUT2D eigenvalue weighted by Gasteiger charge is -2.33. The van der Waals surface area contributed by atoms with Crippen LogP contribution in [0.3, 0.4) is 0 Å². The van der Waals surface area contributed by atoms with Gasteiger partial charge in [0, 0.05) is 6.04 Å². The Morgan fingerprint density at radius 2 is 1.73 bits per heavy atom. The molecule has 0 aromatic rings. The van der Waals surface area contributed by atoms with E-state index in [9.17, 15) is 4.79 Å². The molecule has 1 N–H and O–H groups in total. The molecule has 1 atom stereocenters. The lowest BCUT2D eigenvalue weighted by atomic mass is 9.94. The van der Waals surface area contributed by atoms with E-state index in [-0.39, 0.29) is 18.4 Å². The summed E-state index contributed by atoms with van der Waals surface area (Å²) in [6, 6.07) is 0.380. The van der Waals surface area contributed by atoms with Crippen molar-refractivity contribution in [1.82, 2.24) is 4.90 Å². The van der Waals surface area contributed by atoms with Crippen molar-refractivity contribution in [1.29, 1.82) is 0 Å². The molecule has 88 valence electrons. The van der Waals surface area contributed by atoms with Crippen LogP contribution in [0.15, 0.2) is 0 Å². The second kappa shape index (κ2) is 5.71. The van der Waals surface area contributed by atoms with Gasteiger partial charge in [0.2, 0.25) is 0 Å². The van der Waals surface area contributed by atoms with Crippen molar-refractivity contribution in [3.63, 3.8) is 0 Å². The quantitative estimate of drug-likeness (QED) is 0.796. The second-order valence-corrected chi connectivity index (χ2v) is 4.53. The summed E-state index contributed by atoms with van der Waals surface area (Å²) in [7, 11) is 0. The molecule has 1 saturated carbocycles. The fraction of sp³-hybridized carbons (Fsp3) is 0.909. The van der Waals surface area contributed by atoms with Gasteiger partial charge in [0.15, 0.2) is 0 Å². The first-order chi connectivity index (χ1) is 6.79. The van der Waals surface area contributed by atoms with Crippen LogP contribution in [-0.4, -0.2) is 34.6 Å². The van der Waals surface area contributed by atoms with E-state index >= 15 is 0 Å². The summed E-state index contributed by atoms with van der Waals surface area (Å²) < 4.78 is 0. The molecule has 0 unspecified atom stereocenters. The summed E-state index contributed by atoms with van der Waals surface area (Å²) >= 11 is 0. The highest BCUT2D eigenvalue weighted by atomic mass is 35.5. The molecule has 0 amide bonds. The summed E-state index contributed by atoms with van der Waals surface area (Å²) in [5.41, 5.74) is 0. The minimum atomic E-state index is -0.618. The number of likely N-dealkylation sites (tertiary alicyclic amines) is 1. The Labute approximate surface area is 97.2 Å². The predicted molar refractivity (Wildman–Crippen MR) is 61.5 cm³/mol. The normalized spacial score (nSPS) is 28.7. The highest BCUT2D eigenvalue weighted by Crippen LogP contribution is 2.29. The van der Waals surface area contributed by atoms with Crippen LogP contribution in [0.5, 0.6) is 0 Å². The van der Waals surface area contributed by atoms with E-state index in [4.69, 9.17) is 5.11 Å². The molecule has 1 aliphatic heterocycles. The molecule has 1 aliphatic carbocycles. The monoisotopic (exact) mass is 233 g/mol. The maximum absolute atomic E-state index is 11.0. The molecule has 4 heteroatoms. The third-order valence-corrected chi connectivity index (χ3v) is 3.62. The van der Waals surface area contributed by atoms with Crippen LogP contribution in [0, 0.1) is 0 Å². The summed E-state index contributed by atoms with van der Waals surface area (Å²) in [5.74, 6) is -0.618. The predicted octanol–water partition coefficient (Wildman–Crippen LogP) is 2.29. The molecular weight excluding hydrogens is 214 g/mol. The van der Waals surface area contributed by atoms with E-state index < -0.39 is 5.97 Å². The third-order valence-electron chi connectivity index (χ3n) is 3.62. The molecule has 0 aromatic carbocycles. The number of rotatable bonds is 2. The van der Waals surface area contributed by atoms with Crippen LogP contribution in [0.25, 0.3) is 0 Å². The van der Waals surface area contributed by atoms with Gasteiger partial charge in [-0.05, 0) is 32.2 Å². The van der Waals surface area contributed by atoms with E-state index in [1.807, 2.05) is 0 Å². The molecule has 1 heterocycles. The van der Waals surface area contributed by atoms with E-state index in [0.29, 0.717) is 6.04 Å². The summed E-state index contributed by atoms with van der Waals surface area (Å²) in [6.07, 6.45) is 8.25. The van der Waals surface area contributed by atoms with Gasteiger partial charge in [-0.2, -0.15) is 0 Å². The maximum atomic E-state index is 11.0. The topological polar surface area (TPSA) is 40.5 Å². The zero-order valence-corrected chi connectivity index (χ0v) is 9.84. The van der Waals surface area contributed by atoms with Crippen LogP contribution in [0.4, 0.5) is 0 Å². The van der Waals surface area contributed by atoms with Gasteiger partial charge in [-0.15, -0.1) is 12.4 Å². The highest BCUT2D eigenvalue weighted by Gasteiger charge is 2.35. The Hall–Kier alpha value is -0.280. The lowest BCUT2D eigenvalue weighted by molar-refractivity contribution is -0.143. The Balaban J connectivity index is 0.00000112. The zero-order chi connectivity index (χ0) is 9.97. The number of hydrogen-bond acceptors (Lipinski definition) is 2. The summed E-state index contributed by atoms with van der Waals surface area (Å²) in [5, 5.41) is 9.07. The fourth-order valence-corrected chi connectivity index (χ4v) is 2.90. The largest absolute Gasteiger partial charge is 0.480 e. The minimum Gasteiger partial charge on any atom is -0.480 e. The molecule has 0 bridgehead atoms. The molecule has 15 heavy (non-hydrogen) atoms. The van der Waals surface area contributed by atoms with E-state index in [1.54, 1.807) is 0 Å². The Kier molecular flexibility index (Phi) is 4.87. The van der Waals surface area contributed by atoms with Gasteiger partial charge in [-0.1, -0.05) is 19.3 Å². The molecule has 0 spiro atoms. The van der Waals surface area contributed by atoms with Crippen molar-refractivity contribution in [3.8, 4) is 0 Å². The van der Waals surface area contributed by atoms with Crippen molar-refractivity contribution >= 4 is 18.4 Å². The molecule has 2 fully saturated rings. The highest BCUT2D eigenvalue weighted by molar-refractivity contribution is 5.85. The molecule has 3 nitrogen and oxygen atoms in total. The third kappa shape index (κ3) is 2.85. The minimum absolute atomic E-state index is 0. The van der Waals surface area contributed by atoms with Gasteiger partial charge in [0.05, 0.1) is 0 Å². The van der Waals surface area contributed by atoms with Crippen LogP contribution in [0.1, 0.15) is 44.9 Å². The molecular formula is C11H20ClNO2. The van der Waals surface area contributed by atoms with Crippen molar-refractivity contribution in [2.24, 2.45) is 0 Å². The number of hydrogen-bond donors (Lipinski definition) is 1.